The summed E-state index contributed by atoms with van der Waals surface area (Å²) >= 11 is 1.98. The van der Waals surface area contributed by atoms with E-state index in [0.29, 0.717) is 0 Å². The Labute approximate surface area is 80.3 Å². The molecule has 0 bridgehead atoms. The molecule has 0 aromatic carbocycles. The maximum Gasteiger partial charge on any atom is 0.0638 e. The van der Waals surface area contributed by atoms with Crippen LogP contribution in [-0.2, 0) is 0 Å². The summed E-state index contributed by atoms with van der Waals surface area (Å²) in [6.07, 6.45) is 1.02. The molecule has 0 saturated carbocycles. The van der Waals surface area contributed by atoms with Crippen LogP contribution >= 0.6 is 11.8 Å². The number of nitrogens with zero attached hydrogens (tertiary/aromatic N) is 1. The Bertz CT molecular complexity index is 98.5. The molecule has 1 unspecified atom stereocenters. The molecule has 1 N–H and O–H groups in total. The Balaban J connectivity index is 3.14. The highest BCUT2D eigenvalue weighted by Gasteiger charge is 2.01. The van der Waals surface area contributed by atoms with E-state index in [-0.39, 0.29) is 6.10 Å². The second-order valence-electron chi connectivity index (χ2n) is 3.16. The molecule has 0 amide bonds. The molecule has 0 aliphatic rings. The number of hydrogen-bond donors (Lipinski definition) is 1. The van der Waals surface area contributed by atoms with E-state index in [1.54, 1.807) is 0 Å². The minimum Gasteiger partial charge on any atom is -0.392 e. The third-order valence-corrected chi connectivity index (χ3v) is 2.59. The van der Waals surface area contributed by atoms with Gasteiger partial charge in [0.1, 0.15) is 0 Å². The molecule has 1 atom stereocenters. The minimum absolute atomic E-state index is 0.200. The van der Waals surface area contributed by atoms with Crippen molar-refractivity contribution in [1.82, 2.24) is 4.90 Å². The zero-order chi connectivity index (χ0) is 9.40. The molecule has 0 aliphatic carbocycles. The summed E-state index contributed by atoms with van der Waals surface area (Å²) in [7, 11) is 2.06. The first kappa shape index (κ1) is 12.3. The maximum absolute atomic E-state index is 9.08. The molecule has 0 aromatic heterocycles. The Hall–Kier alpha value is 0.270. The highest BCUT2D eigenvalue weighted by Crippen LogP contribution is 2.01. The Kier molecular flexibility index (Phi) is 8.07. The van der Waals surface area contributed by atoms with Crippen LogP contribution in [0.25, 0.3) is 0 Å². The summed E-state index contributed by atoms with van der Waals surface area (Å²) in [6, 6.07) is 0. The number of aliphatic hydroxyl groups is 1. The summed E-state index contributed by atoms with van der Waals surface area (Å²) < 4.78 is 0. The first-order chi connectivity index (χ1) is 5.66. The number of hydrogen-bond acceptors (Lipinski definition) is 3. The van der Waals surface area contributed by atoms with Crippen molar-refractivity contribution in [2.24, 2.45) is 0 Å². The predicted molar refractivity (Wildman–Crippen MR) is 56.8 cm³/mol. The van der Waals surface area contributed by atoms with Crippen molar-refractivity contribution in [3.63, 3.8) is 0 Å². The fraction of sp³-hybridized carbons (Fsp3) is 1.00. The van der Waals surface area contributed by atoms with Crippen LogP contribution in [0.5, 0.6) is 0 Å². The van der Waals surface area contributed by atoms with Gasteiger partial charge in [-0.05, 0) is 38.4 Å². The van der Waals surface area contributed by atoms with Gasteiger partial charge in [-0.1, -0.05) is 6.92 Å². The topological polar surface area (TPSA) is 23.5 Å². The van der Waals surface area contributed by atoms with Crippen LogP contribution in [0.1, 0.15) is 20.3 Å². The van der Waals surface area contributed by atoms with Crippen LogP contribution in [0.15, 0.2) is 0 Å². The standard InChI is InChI=1S/C9H21NOS/c1-4-12-7-5-6-10(3)8-9(2)11/h9,11H,4-8H2,1-3H3. The van der Waals surface area contributed by atoms with E-state index in [4.69, 9.17) is 5.11 Å². The lowest BCUT2D eigenvalue weighted by atomic mass is 10.3. The molecule has 74 valence electrons. The lowest BCUT2D eigenvalue weighted by Gasteiger charge is -2.17. The molecule has 0 fully saturated rings. The van der Waals surface area contributed by atoms with Crippen LogP contribution in [0.4, 0.5) is 0 Å². The number of rotatable bonds is 7. The monoisotopic (exact) mass is 191 g/mol. The van der Waals surface area contributed by atoms with E-state index in [0.717, 1.165) is 13.1 Å². The van der Waals surface area contributed by atoms with Crippen molar-refractivity contribution in [2.75, 3.05) is 31.6 Å². The van der Waals surface area contributed by atoms with E-state index in [1.807, 2.05) is 18.7 Å². The molecule has 0 spiro atoms. The molecule has 3 heteroatoms. The van der Waals surface area contributed by atoms with Gasteiger partial charge in [0, 0.05) is 6.54 Å². The first-order valence-electron chi connectivity index (χ1n) is 4.61. The highest BCUT2D eigenvalue weighted by atomic mass is 32.2. The van der Waals surface area contributed by atoms with Crippen molar-refractivity contribution in [3.05, 3.63) is 0 Å². The third kappa shape index (κ3) is 8.37. The molecule has 2 nitrogen and oxygen atoms in total. The SMILES string of the molecule is CCSCCCN(C)CC(C)O. The number of thioether (sulfide) groups is 1. The molecule has 0 radical (unpaired) electrons. The van der Waals surface area contributed by atoms with Gasteiger partial charge in [-0.25, -0.2) is 0 Å². The van der Waals surface area contributed by atoms with Crippen molar-refractivity contribution < 1.29 is 5.11 Å². The summed E-state index contributed by atoms with van der Waals surface area (Å²) in [4.78, 5) is 2.18. The fourth-order valence-electron chi connectivity index (χ4n) is 1.12. The van der Waals surface area contributed by atoms with Gasteiger partial charge in [-0.15, -0.1) is 0 Å². The molecule has 0 heterocycles. The maximum atomic E-state index is 9.08. The fourth-order valence-corrected chi connectivity index (χ4v) is 1.75. The average molecular weight is 191 g/mol. The molecule has 0 aliphatic heterocycles. The van der Waals surface area contributed by atoms with Gasteiger partial charge < -0.3 is 10.0 Å². The predicted octanol–water partition coefficient (Wildman–Crippen LogP) is 1.44. The molecule has 0 rings (SSSR count). The molecular weight excluding hydrogens is 170 g/mol. The number of aliphatic hydroxyl groups excluding tert-OH is 1. The van der Waals surface area contributed by atoms with Crippen LogP contribution in [0.3, 0.4) is 0 Å². The van der Waals surface area contributed by atoms with Gasteiger partial charge in [0.25, 0.3) is 0 Å². The quantitative estimate of drug-likeness (QED) is 0.616. The van der Waals surface area contributed by atoms with Gasteiger partial charge >= 0.3 is 0 Å². The van der Waals surface area contributed by atoms with Gasteiger partial charge in [-0.2, -0.15) is 11.8 Å². The van der Waals surface area contributed by atoms with Gasteiger partial charge in [0.2, 0.25) is 0 Å². The van der Waals surface area contributed by atoms with E-state index < -0.39 is 0 Å². The smallest absolute Gasteiger partial charge is 0.0638 e. The van der Waals surface area contributed by atoms with Gasteiger partial charge in [-0.3, -0.25) is 0 Å². The van der Waals surface area contributed by atoms with Crippen molar-refractivity contribution in [2.45, 2.75) is 26.4 Å². The molecule has 12 heavy (non-hydrogen) atoms. The summed E-state index contributed by atoms with van der Waals surface area (Å²) in [5, 5.41) is 9.08. The largest absolute Gasteiger partial charge is 0.392 e. The minimum atomic E-state index is -0.200. The molecular formula is C9H21NOS. The van der Waals surface area contributed by atoms with Gasteiger partial charge in [0.05, 0.1) is 6.10 Å². The highest BCUT2D eigenvalue weighted by molar-refractivity contribution is 7.99. The zero-order valence-corrected chi connectivity index (χ0v) is 9.23. The zero-order valence-electron chi connectivity index (χ0n) is 8.42. The summed E-state index contributed by atoms with van der Waals surface area (Å²) in [6.45, 7) is 5.90. The summed E-state index contributed by atoms with van der Waals surface area (Å²) in [5.41, 5.74) is 0. The average Bonchev–Trinajstić information content (AvgIpc) is 1.97. The third-order valence-electron chi connectivity index (χ3n) is 1.61. The van der Waals surface area contributed by atoms with Crippen molar-refractivity contribution in [3.8, 4) is 0 Å². The number of likely N-dealkylation sites (N-methyl/N-ethyl adjacent to an activating group) is 1. The van der Waals surface area contributed by atoms with E-state index in [1.165, 1.54) is 17.9 Å². The second kappa shape index (κ2) is 7.90. The van der Waals surface area contributed by atoms with Crippen molar-refractivity contribution in [1.29, 1.82) is 0 Å². The van der Waals surface area contributed by atoms with Crippen LogP contribution < -0.4 is 0 Å². The molecule has 0 aromatic rings. The van der Waals surface area contributed by atoms with Crippen LogP contribution in [0.2, 0.25) is 0 Å². The van der Waals surface area contributed by atoms with E-state index in [2.05, 4.69) is 18.9 Å². The van der Waals surface area contributed by atoms with Crippen LogP contribution in [-0.4, -0.2) is 47.8 Å². The first-order valence-corrected chi connectivity index (χ1v) is 5.76. The second-order valence-corrected chi connectivity index (χ2v) is 4.56. The van der Waals surface area contributed by atoms with Crippen LogP contribution in [0, 0.1) is 0 Å². The Morgan fingerprint density at radius 1 is 1.50 bits per heavy atom. The Morgan fingerprint density at radius 2 is 2.17 bits per heavy atom. The van der Waals surface area contributed by atoms with Gasteiger partial charge in [0.15, 0.2) is 0 Å². The lowest BCUT2D eigenvalue weighted by Crippen LogP contribution is -2.28. The van der Waals surface area contributed by atoms with E-state index >= 15 is 0 Å². The Morgan fingerprint density at radius 3 is 2.67 bits per heavy atom. The summed E-state index contributed by atoms with van der Waals surface area (Å²) in [5.74, 6) is 2.45. The molecule has 0 saturated heterocycles. The normalized spacial score (nSPS) is 13.8. The lowest BCUT2D eigenvalue weighted by molar-refractivity contribution is 0.142. The van der Waals surface area contributed by atoms with Crippen molar-refractivity contribution >= 4 is 11.8 Å². The van der Waals surface area contributed by atoms with E-state index in [9.17, 15) is 0 Å².